The normalized spacial score (nSPS) is 28.1. The lowest BCUT2D eigenvalue weighted by atomic mass is 9.76. The zero-order valence-corrected chi connectivity index (χ0v) is 12.3. The molecule has 1 aromatic heterocycles. The lowest BCUT2D eigenvalue weighted by Gasteiger charge is -2.41. The number of Topliss-reactive ketones (excluding diaryl/α,β-unsaturated/α-hetero) is 1. The molecule has 1 saturated heterocycles. The van der Waals surface area contributed by atoms with Gasteiger partial charge >= 0.3 is 0 Å². The highest BCUT2D eigenvalue weighted by atomic mass is 32.1. The van der Waals surface area contributed by atoms with Crippen LogP contribution in [0.3, 0.4) is 0 Å². The van der Waals surface area contributed by atoms with Crippen molar-refractivity contribution in [2.24, 2.45) is 0 Å². The van der Waals surface area contributed by atoms with Crippen LogP contribution in [0.1, 0.15) is 43.9 Å². The summed E-state index contributed by atoms with van der Waals surface area (Å²) in [7, 11) is 0. The average Bonchev–Trinajstić information content (AvgIpc) is 3.05. The Kier molecular flexibility index (Phi) is 3.59. The third-order valence-electron chi connectivity index (χ3n) is 4.57. The molecular formula is C16H21NOS. The topological polar surface area (TPSA) is 20.3 Å². The van der Waals surface area contributed by atoms with Crippen LogP contribution in [0.2, 0.25) is 0 Å². The molecule has 0 aromatic carbocycles. The lowest BCUT2D eigenvalue weighted by Crippen LogP contribution is -2.52. The summed E-state index contributed by atoms with van der Waals surface area (Å²) in [6.45, 7) is 4.18. The van der Waals surface area contributed by atoms with E-state index in [0.717, 1.165) is 45.2 Å². The van der Waals surface area contributed by atoms with E-state index in [1.807, 2.05) is 0 Å². The predicted octanol–water partition coefficient (Wildman–Crippen LogP) is 3.78. The second kappa shape index (κ2) is 5.22. The molecular weight excluding hydrogens is 254 g/mol. The van der Waals surface area contributed by atoms with Crippen LogP contribution in [-0.2, 0) is 11.3 Å². The quantitative estimate of drug-likeness (QED) is 0.782. The van der Waals surface area contributed by atoms with Crippen molar-refractivity contribution in [2.75, 3.05) is 6.54 Å². The zero-order valence-electron chi connectivity index (χ0n) is 11.5. The Morgan fingerprint density at radius 3 is 3.11 bits per heavy atom. The summed E-state index contributed by atoms with van der Waals surface area (Å²) in [6, 6.07) is 4.28. The first-order chi connectivity index (χ1) is 9.27. The fraction of sp³-hybridized carbons (Fsp3) is 0.562. The molecule has 2 aliphatic rings. The number of carbonyl (C=O) groups is 1. The third kappa shape index (κ3) is 2.09. The molecule has 2 nitrogen and oxygen atoms in total. The highest BCUT2D eigenvalue weighted by Crippen LogP contribution is 2.42. The number of hydrogen-bond donors (Lipinski definition) is 0. The van der Waals surface area contributed by atoms with Crippen molar-refractivity contribution in [3.8, 4) is 0 Å². The smallest absolute Gasteiger partial charge is 0.157 e. The molecule has 1 spiro atoms. The van der Waals surface area contributed by atoms with E-state index in [2.05, 4.69) is 35.4 Å². The number of rotatable bonds is 3. The fourth-order valence-electron chi connectivity index (χ4n) is 3.73. The number of likely N-dealkylation sites (tertiary alicyclic amines) is 1. The SMILES string of the molecule is CCC1=CCCC(=O)C12CCCN2Cc1cccs1. The first-order valence-electron chi connectivity index (χ1n) is 7.27. The van der Waals surface area contributed by atoms with Crippen LogP contribution in [0.25, 0.3) is 0 Å². The molecule has 2 heterocycles. The molecule has 19 heavy (non-hydrogen) atoms. The molecule has 0 amide bonds. The second-order valence-corrected chi connectivity index (χ2v) is 6.54. The highest BCUT2D eigenvalue weighted by Gasteiger charge is 2.49. The van der Waals surface area contributed by atoms with Gasteiger partial charge in [-0.25, -0.2) is 0 Å². The van der Waals surface area contributed by atoms with Crippen molar-refractivity contribution < 1.29 is 4.79 Å². The predicted molar refractivity (Wildman–Crippen MR) is 79.3 cm³/mol. The summed E-state index contributed by atoms with van der Waals surface area (Å²) in [5.74, 6) is 0.459. The highest BCUT2D eigenvalue weighted by molar-refractivity contribution is 7.09. The Morgan fingerprint density at radius 2 is 2.37 bits per heavy atom. The number of allylic oxidation sites excluding steroid dienone is 1. The van der Waals surface area contributed by atoms with E-state index >= 15 is 0 Å². The Bertz CT molecular complexity index is 491. The molecule has 1 fully saturated rings. The van der Waals surface area contributed by atoms with Crippen LogP contribution in [0.5, 0.6) is 0 Å². The van der Waals surface area contributed by atoms with Crippen LogP contribution in [0.15, 0.2) is 29.2 Å². The van der Waals surface area contributed by atoms with E-state index < -0.39 is 0 Å². The maximum atomic E-state index is 12.6. The lowest BCUT2D eigenvalue weighted by molar-refractivity contribution is -0.128. The van der Waals surface area contributed by atoms with E-state index in [1.165, 1.54) is 10.5 Å². The van der Waals surface area contributed by atoms with Crippen LogP contribution >= 0.6 is 11.3 Å². The largest absolute Gasteiger partial charge is 0.297 e. The molecule has 3 heteroatoms. The Morgan fingerprint density at radius 1 is 1.47 bits per heavy atom. The van der Waals surface area contributed by atoms with Crippen LogP contribution in [0.4, 0.5) is 0 Å². The monoisotopic (exact) mass is 275 g/mol. The summed E-state index contributed by atoms with van der Waals surface area (Å²) in [5, 5.41) is 2.12. The Balaban J connectivity index is 1.93. The van der Waals surface area contributed by atoms with Crippen molar-refractivity contribution in [1.29, 1.82) is 0 Å². The molecule has 1 unspecified atom stereocenters. The Hall–Kier alpha value is -0.930. The molecule has 102 valence electrons. The van der Waals surface area contributed by atoms with Crippen molar-refractivity contribution in [2.45, 2.75) is 51.1 Å². The summed E-state index contributed by atoms with van der Waals surface area (Å²) in [5.41, 5.74) is 1.12. The molecule has 0 N–H and O–H groups in total. The van der Waals surface area contributed by atoms with Crippen molar-refractivity contribution in [1.82, 2.24) is 4.90 Å². The minimum atomic E-state index is -0.253. The third-order valence-corrected chi connectivity index (χ3v) is 5.43. The minimum Gasteiger partial charge on any atom is -0.297 e. The van der Waals surface area contributed by atoms with Gasteiger partial charge in [-0.1, -0.05) is 19.1 Å². The van der Waals surface area contributed by atoms with Crippen LogP contribution in [-0.4, -0.2) is 22.8 Å². The van der Waals surface area contributed by atoms with Gasteiger partial charge in [-0.15, -0.1) is 11.3 Å². The molecule has 0 radical (unpaired) electrons. The fourth-order valence-corrected chi connectivity index (χ4v) is 4.45. The van der Waals surface area contributed by atoms with Crippen molar-refractivity contribution in [3.63, 3.8) is 0 Å². The van der Waals surface area contributed by atoms with E-state index in [9.17, 15) is 4.79 Å². The summed E-state index contributed by atoms with van der Waals surface area (Å²) >= 11 is 1.79. The van der Waals surface area contributed by atoms with Gasteiger partial charge in [0, 0.05) is 17.8 Å². The van der Waals surface area contributed by atoms with Gasteiger partial charge in [0.25, 0.3) is 0 Å². The molecule has 0 saturated carbocycles. The van der Waals surface area contributed by atoms with Gasteiger partial charge in [0.15, 0.2) is 5.78 Å². The van der Waals surface area contributed by atoms with Gasteiger partial charge in [0.05, 0.1) is 0 Å². The van der Waals surface area contributed by atoms with Gasteiger partial charge < -0.3 is 0 Å². The number of hydrogen-bond acceptors (Lipinski definition) is 3. The summed E-state index contributed by atoms with van der Waals surface area (Å²) in [4.78, 5) is 16.5. The number of nitrogens with zero attached hydrogens (tertiary/aromatic N) is 1. The number of carbonyl (C=O) groups excluding carboxylic acids is 1. The first kappa shape index (κ1) is 13.1. The molecule has 1 aliphatic carbocycles. The second-order valence-electron chi connectivity index (χ2n) is 5.51. The van der Waals surface area contributed by atoms with Crippen molar-refractivity contribution >= 4 is 17.1 Å². The minimum absolute atomic E-state index is 0.253. The maximum absolute atomic E-state index is 12.6. The standard InChI is InChI=1S/C16H21NOS/c1-2-13-6-3-8-15(18)16(13)9-5-10-17(16)12-14-7-4-11-19-14/h4,6-7,11H,2-3,5,8-10,12H2,1H3. The van der Waals surface area contributed by atoms with Gasteiger partial charge in [0.2, 0.25) is 0 Å². The number of thiophene rings is 1. The molecule has 1 aliphatic heterocycles. The molecule has 1 atom stereocenters. The van der Waals surface area contributed by atoms with E-state index in [4.69, 9.17) is 0 Å². The van der Waals surface area contributed by atoms with Crippen molar-refractivity contribution in [3.05, 3.63) is 34.0 Å². The van der Waals surface area contributed by atoms with Gasteiger partial charge in [-0.3, -0.25) is 9.69 Å². The maximum Gasteiger partial charge on any atom is 0.157 e. The van der Waals surface area contributed by atoms with Gasteiger partial charge in [0.1, 0.15) is 5.54 Å². The van der Waals surface area contributed by atoms with E-state index in [1.54, 1.807) is 11.3 Å². The van der Waals surface area contributed by atoms with E-state index in [0.29, 0.717) is 5.78 Å². The molecule has 1 aromatic rings. The zero-order chi connectivity index (χ0) is 13.3. The van der Waals surface area contributed by atoms with Gasteiger partial charge in [-0.2, -0.15) is 0 Å². The van der Waals surface area contributed by atoms with E-state index in [-0.39, 0.29) is 5.54 Å². The average molecular weight is 275 g/mol. The van der Waals surface area contributed by atoms with Gasteiger partial charge in [-0.05, 0) is 49.2 Å². The Labute approximate surface area is 119 Å². The summed E-state index contributed by atoms with van der Waals surface area (Å²) in [6.07, 6.45) is 7.17. The van der Waals surface area contributed by atoms with Crippen LogP contribution < -0.4 is 0 Å². The van der Waals surface area contributed by atoms with Crippen LogP contribution in [0, 0.1) is 0 Å². The summed E-state index contributed by atoms with van der Waals surface area (Å²) < 4.78 is 0. The molecule has 3 rings (SSSR count). The first-order valence-corrected chi connectivity index (χ1v) is 8.15. The molecule has 0 bridgehead atoms. The number of ketones is 1.